The molecule has 3 heteroatoms. The van der Waals surface area contributed by atoms with Gasteiger partial charge in [0, 0.05) is 19.5 Å². The van der Waals surface area contributed by atoms with Crippen LogP contribution in [-0.2, 0) is 4.79 Å². The predicted octanol–water partition coefficient (Wildman–Crippen LogP) is 1.41. The van der Waals surface area contributed by atoms with E-state index in [9.17, 15) is 4.79 Å². The number of carbonyl (C=O) groups is 1. The van der Waals surface area contributed by atoms with E-state index in [2.05, 4.69) is 18.8 Å². The van der Waals surface area contributed by atoms with Crippen molar-refractivity contribution < 1.29 is 4.79 Å². The van der Waals surface area contributed by atoms with Crippen LogP contribution in [0, 0.1) is 5.92 Å². The molecule has 1 heterocycles. The third kappa shape index (κ3) is 4.04. The van der Waals surface area contributed by atoms with E-state index in [1.165, 1.54) is 0 Å². The van der Waals surface area contributed by atoms with Crippen molar-refractivity contribution in [1.29, 1.82) is 0 Å². The largest absolute Gasteiger partial charge is 0.342 e. The zero-order chi connectivity index (χ0) is 11.1. The van der Waals surface area contributed by atoms with Gasteiger partial charge in [0.05, 0.1) is 0 Å². The molecule has 1 rings (SSSR count). The first kappa shape index (κ1) is 12.2. The first-order valence-electron chi connectivity index (χ1n) is 5.87. The van der Waals surface area contributed by atoms with Crippen molar-refractivity contribution in [2.75, 3.05) is 26.2 Å². The molecule has 0 aromatic heterocycles. The Bertz CT molecular complexity index is 208. The Morgan fingerprint density at radius 2 is 2.20 bits per heavy atom. The maximum Gasteiger partial charge on any atom is 0.226 e. The van der Waals surface area contributed by atoms with Crippen LogP contribution in [0.4, 0.5) is 0 Å². The number of amides is 1. The van der Waals surface area contributed by atoms with Crippen molar-refractivity contribution in [2.45, 2.75) is 26.2 Å². The van der Waals surface area contributed by atoms with Crippen LogP contribution in [0.2, 0.25) is 0 Å². The lowest BCUT2D eigenvalue weighted by Crippen LogP contribution is -2.40. The highest BCUT2D eigenvalue weighted by Gasteiger charge is 2.21. The average molecular weight is 210 g/mol. The van der Waals surface area contributed by atoms with E-state index in [0.717, 1.165) is 44.9 Å². The molecule has 0 atom stereocenters. The van der Waals surface area contributed by atoms with E-state index in [1.807, 2.05) is 4.90 Å². The number of hydrogen-bond acceptors (Lipinski definition) is 2. The molecule has 1 amide bonds. The van der Waals surface area contributed by atoms with Gasteiger partial charge in [-0.25, -0.2) is 0 Å². The summed E-state index contributed by atoms with van der Waals surface area (Å²) in [7, 11) is 0. The fourth-order valence-electron chi connectivity index (χ4n) is 1.99. The number of nitrogens with zero attached hydrogens (tertiary/aromatic N) is 1. The lowest BCUT2D eigenvalue weighted by Gasteiger charge is -2.32. The van der Waals surface area contributed by atoms with E-state index in [-0.39, 0.29) is 5.91 Å². The lowest BCUT2D eigenvalue weighted by atomic mass is 9.96. The molecule has 15 heavy (non-hydrogen) atoms. The fraction of sp³-hybridized carbons (Fsp3) is 0.750. The first-order valence-corrected chi connectivity index (χ1v) is 5.87. The zero-order valence-electron chi connectivity index (χ0n) is 9.67. The van der Waals surface area contributed by atoms with E-state index in [0.29, 0.717) is 6.42 Å². The summed E-state index contributed by atoms with van der Waals surface area (Å²) < 4.78 is 0. The van der Waals surface area contributed by atoms with Gasteiger partial charge in [0.1, 0.15) is 0 Å². The topological polar surface area (TPSA) is 32.3 Å². The Balaban J connectivity index is 2.23. The SMILES string of the molecule is C=CCC(=O)N1CCC(CNCC)CC1. The predicted molar refractivity (Wildman–Crippen MR) is 62.7 cm³/mol. The van der Waals surface area contributed by atoms with Crippen molar-refractivity contribution in [1.82, 2.24) is 10.2 Å². The summed E-state index contributed by atoms with van der Waals surface area (Å²) >= 11 is 0. The second-order valence-corrected chi connectivity index (χ2v) is 4.12. The zero-order valence-corrected chi connectivity index (χ0v) is 9.67. The van der Waals surface area contributed by atoms with Crippen LogP contribution in [0.1, 0.15) is 26.2 Å². The molecule has 0 bridgehead atoms. The summed E-state index contributed by atoms with van der Waals surface area (Å²) in [5.74, 6) is 0.977. The summed E-state index contributed by atoms with van der Waals surface area (Å²) in [5, 5.41) is 3.37. The van der Waals surface area contributed by atoms with Crippen LogP contribution in [0.15, 0.2) is 12.7 Å². The molecule has 1 fully saturated rings. The number of carbonyl (C=O) groups excluding carboxylic acids is 1. The molecule has 0 radical (unpaired) electrons. The molecule has 0 aromatic rings. The van der Waals surface area contributed by atoms with Gasteiger partial charge in [-0.1, -0.05) is 13.0 Å². The maximum absolute atomic E-state index is 11.6. The average Bonchev–Trinajstić information content (AvgIpc) is 2.27. The van der Waals surface area contributed by atoms with Gasteiger partial charge in [-0.2, -0.15) is 0 Å². The normalized spacial score (nSPS) is 17.8. The van der Waals surface area contributed by atoms with Crippen molar-refractivity contribution in [3.05, 3.63) is 12.7 Å². The molecule has 1 N–H and O–H groups in total. The smallest absolute Gasteiger partial charge is 0.226 e. The van der Waals surface area contributed by atoms with Crippen molar-refractivity contribution in [2.24, 2.45) is 5.92 Å². The van der Waals surface area contributed by atoms with Gasteiger partial charge in [0.25, 0.3) is 0 Å². The minimum Gasteiger partial charge on any atom is -0.342 e. The van der Waals surface area contributed by atoms with Crippen LogP contribution in [-0.4, -0.2) is 37.0 Å². The molecule has 1 aliphatic heterocycles. The van der Waals surface area contributed by atoms with Crippen LogP contribution in [0.3, 0.4) is 0 Å². The summed E-state index contributed by atoms with van der Waals surface area (Å²) in [5.41, 5.74) is 0. The van der Waals surface area contributed by atoms with Crippen LogP contribution >= 0.6 is 0 Å². The summed E-state index contributed by atoms with van der Waals surface area (Å²) in [4.78, 5) is 13.5. The van der Waals surface area contributed by atoms with Crippen molar-refractivity contribution in [3.63, 3.8) is 0 Å². The van der Waals surface area contributed by atoms with Gasteiger partial charge in [-0.15, -0.1) is 6.58 Å². The number of nitrogens with one attached hydrogen (secondary N) is 1. The Kier molecular flexibility index (Phi) is 5.40. The third-order valence-electron chi connectivity index (χ3n) is 2.97. The number of likely N-dealkylation sites (tertiary alicyclic amines) is 1. The standard InChI is InChI=1S/C12H22N2O/c1-3-5-12(15)14-8-6-11(7-9-14)10-13-4-2/h3,11,13H,1,4-10H2,2H3. The molecule has 1 aliphatic rings. The Morgan fingerprint density at radius 3 is 2.73 bits per heavy atom. The van der Waals surface area contributed by atoms with Gasteiger partial charge in [-0.3, -0.25) is 4.79 Å². The highest BCUT2D eigenvalue weighted by atomic mass is 16.2. The molecule has 0 aromatic carbocycles. The lowest BCUT2D eigenvalue weighted by molar-refractivity contribution is -0.131. The van der Waals surface area contributed by atoms with Crippen molar-refractivity contribution >= 4 is 5.91 Å². The first-order chi connectivity index (χ1) is 7.27. The Hall–Kier alpha value is -0.830. The molecule has 3 nitrogen and oxygen atoms in total. The number of hydrogen-bond donors (Lipinski definition) is 1. The minimum atomic E-state index is 0.229. The highest BCUT2D eigenvalue weighted by Crippen LogP contribution is 2.16. The summed E-state index contributed by atoms with van der Waals surface area (Å²) in [6.45, 7) is 9.69. The van der Waals surface area contributed by atoms with Gasteiger partial charge in [0.15, 0.2) is 0 Å². The van der Waals surface area contributed by atoms with E-state index in [1.54, 1.807) is 6.08 Å². The number of piperidine rings is 1. The van der Waals surface area contributed by atoms with Gasteiger partial charge in [0.2, 0.25) is 5.91 Å². The highest BCUT2D eigenvalue weighted by molar-refractivity contribution is 5.77. The molecular formula is C12H22N2O. The van der Waals surface area contributed by atoms with Gasteiger partial charge >= 0.3 is 0 Å². The van der Waals surface area contributed by atoms with Crippen LogP contribution in [0.5, 0.6) is 0 Å². The molecule has 0 spiro atoms. The molecule has 0 saturated carbocycles. The number of rotatable bonds is 5. The molecule has 0 unspecified atom stereocenters. The molecule has 1 saturated heterocycles. The van der Waals surface area contributed by atoms with E-state index < -0.39 is 0 Å². The van der Waals surface area contributed by atoms with Crippen LogP contribution in [0.25, 0.3) is 0 Å². The third-order valence-corrected chi connectivity index (χ3v) is 2.97. The fourth-order valence-corrected chi connectivity index (χ4v) is 1.99. The van der Waals surface area contributed by atoms with E-state index >= 15 is 0 Å². The monoisotopic (exact) mass is 210 g/mol. The Morgan fingerprint density at radius 1 is 1.53 bits per heavy atom. The van der Waals surface area contributed by atoms with Crippen molar-refractivity contribution in [3.8, 4) is 0 Å². The molecule has 0 aliphatic carbocycles. The summed E-state index contributed by atoms with van der Waals surface area (Å²) in [6, 6.07) is 0. The van der Waals surface area contributed by atoms with E-state index in [4.69, 9.17) is 0 Å². The second-order valence-electron chi connectivity index (χ2n) is 4.12. The summed E-state index contributed by atoms with van der Waals surface area (Å²) in [6.07, 6.45) is 4.44. The Labute approximate surface area is 92.5 Å². The minimum absolute atomic E-state index is 0.229. The second kappa shape index (κ2) is 6.62. The quantitative estimate of drug-likeness (QED) is 0.696. The van der Waals surface area contributed by atoms with Gasteiger partial charge in [-0.05, 0) is 31.8 Å². The molecular weight excluding hydrogens is 188 g/mol. The maximum atomic E-state index is 11.6. The van der Waals surface area contributed by atoms with Crippen LogP contribution < -0.4 is 5.32 Å². The van der Waals surface area contributed by atoms with Gasteiger partial charge < -0.3 is 10.2 Å². The molecule has 86 valence electrons.